The molecule has 100 valence electrons. The minimum absolute atomic E-state index is 0.210. The first-order valence-electron chi connectivity index (χ1n) is 6.89. The normalized spacial score (nSPS) is 12.4. The first-order chi connectivity index (χ1) is 9.15. The molecule has 0 aliphatic rings. The van der Waals surface area contributed by atoms with E-state index in [4.69, 9.17) is 11.6 Å². The molecule has 0 heterocycles. The third kappa shape index (κ3) is 4.40. The molecule has 0 fully saturated rings. The lowest BCUT2D eigenvalue weighted by Gasteiger charge is -2.11. The summed E-state index contributed by atoms with van der Waals surface area (Å²) in [7, 11) is 0. The SMILES string of the molecule is Cc1cccc(CCC(Cl)Cc2ccccc2C)c1. The van der Waals surface area contributed by atoms with Gasteiger partial charge in [0.05, 0.1) is 0 Å². The Kier molecular flexibility index (Phi) is 5.04. The van der Waals surface area contributed by atoms with Crippen LogP contribution in [0.3, 0.4) is 0 Å². The molecular weight excluding hydrogens is 252 g/mol. The van der Waals surface area contributed by atoms with Gasteiger partial charge in [0.15, 0.2) is 0 Å². The van der Waals surface area contributed by atoms with Crippen molar-refractivity contribution in [3.05, 3.63) is 70.8 Å². The molecular formula is C18H21Cl. The number of alkyl halides is 1. The van der Waals surface area contributed by atoms with Crippen LogP contribution < -0.4 is 0 Å². The molecule has 1 atom stereocenters. The van der Waals surface area contributed by atoms with Crippen LogP contribution in [0.5, 0.6) is 0 Å². The van der Waals surface area contributed by atoms with Crippen molar-refractivity contribution >= 4 is 11.6 Å². The lowest BCUT2D eigenvalue weighted by atomic mass is 10.00. The minimum Gasteiger partial charge on any atom is -0.123 e. The Morgan fingerprint density at radius 2 is 1.79 bits per heavy atom. The molecule has 0 aliphatic heterocycles. The molecule has 0 spiro atoms. The zero-order valence-electron chi connectivity index (χ0n) is 11.7. The van der Waals surface area contributed by atoms with Gasteiger partial charge in [0.25, 0.3) is 0 Å². The monoisotopic (exact) mass is 272 g/mol. The van der Waals surface area contributed by atoms with E-state index < -0.39 is 0 Å². The van der Waals surface area contributed by atoms with E-state index in [0.29, 0.717) is 0 Å². The van der Waals surface area contributed by atoms with Crippen molar-refractivity contribution in [1.29, 1.82) is 0 Å². The Morgan fingerprint density at radius 1 is 1.00 bits per heavy atom. The van der Waals surface area contributed by atoms with E-state index in [1.165, 1.54) is 22.3 Å². The second-order valence-corrected chi connectivity index (χ2v) is 5.87. The van der Waals surface area contributed by atoms with E-state index in [9.17, 15) is 0 Å². The predicted octanol–water partition coefficient (Wildman–Crippen LogP) is 5.09. The summed E-state index contributed by atoms with van der Waals surface area (Å²) in [6, 6.07) is 17.2. The number of benzene rings is 2. The molecule has 1 heteroatoms. The molecule has 0 N–H and O–H groups in total. The first-order valence-corrected chi connectivity index (χ1v) is 7.33. The number of rotatable bonds is 5. The van der Waals surface area contributed by atoms with Crippen molar-refractivity contribution < 1.29 is 0 Å². The van der Waals surface area contributed by atoms with Crippen molar-refractivity contribution in [3.8, 4) is 0 Å². The summed E-state index contributed by atoms with van der Waals surface area (Å²) in [5.41, 5.74) is 5.41. The van der Waals surface area contributed by atoms with Crippen molar-refractivity contribution in [2.45, 2.75) is 38.5 Å². The van der Waals surface area contributed by atoms with Crippen molar-refractivity contribution in [2.75, 3.05) is 0 Å². The van der Waals surface area contributed by atoms with Crippen LogP contribution in [-0.4, -0.2) is 5.38 Å². The van der Waals surface area contributed by atoms with Gasteiger partial charge < -0.3 is 0 Å². The lowest BCUT2D eigenvalue weighted by Crippen LogP contribution is -2.06. The van der Waals surface area contributed by atoms with Crippen molar-refractivity contribution in [1.82, 2.24) is 0 Å². The average Bonchev–Trinajstić information content (AvgIpc) is 2.39. The van der Waals surface area contributed by atoms with Crippen LogP contribution in [-0.2, 0) is 12.8 Å². The number of aryl methyl sites for hydroxylation is 3. The highest BCUT2D eigenvalue weighted by atomic mass is 35.5. The Balaban J connectivity index is 1.88. The summed E-state index contributed by atoms with van der Waals surface area (Å²) >= 11 is 6.48. The molecule has 2 aromatic carbocycles. The number of hydrogen-bond acceptors (Lipinski definition) is 0. The zero-order valence-corrected chi connectivity index (χ0v) is 12.5. The van der Waals surface area contributed by atoms with E-state index in [2.05, 4.69) is 62.4 Å². The fourth-order valence-corrected chi connectivity index (χ4v) is 2.65. The second-order valence-electron chi connectivity index (χ2n) is 5.26. The Hall–Kier alpha value is -1.27. The second kappa shape index (κ2) is 6.77. The molecule has 0 radical (unpaired) electrons. The van der Waals surface area contributed by atoms with E-state index in [1.54, 1.807) is 0 Å². The summed E-state index contributed by atoms with van der Waals surface area (Å²) in [4.78, 5) is 0. The number of halogens is 1. The van der Waals surface area contributed by atoms with Crippen LogP contribution in [0.4, 0.5) is 0 Å². The van der Waals surface area contributed by atoms with Crippen LogP contribution in [0.25, 0.3) is 0 Å². The molecule has 1 unspecified atom stereocenters. The molecule has 0 nitrogen and oxygen atoms in total. The Bertz CT molecular complexity index is 531. The van der Waals surface area contributed by atoms with E-state index in [0.717, 1.165) is 19.3 Å². The van der Waals surface area contributed by atoms with Crippen LogP contribution in [0.2, 0.25) is 0 Å². The molecule has 2 aromatic rings. The molecule has 0 amide bonds. The maximum Gasteiger partial charge on any atom is 0.0379 e. The third-order valence-electron chi connectivity index (χ3n) is 3.53. The van der Waals surface area contributed by atoms with Gasteiger partial charge in [-0.25, -0.2) is 0 Å². The highest BCUT2D eigenvalue weighted by Gasteiger charge is 2.08. The van der Waals surface area contributed by atoms with Gasteiger partial charge in [-0.15, -0.1) is 11.6 Å². The zero-order chi connectivity index (χ0) is 13.7. The van der Waals surface area contributed by atoms with Gasteiger partial charge in [-0.1, -0.05) is 54.1 Å². The standard InChI is InChI=1S/C18H21Cl/c1-14-6-5-8-16(12-14)10-11-18(19)13-17-9-4-3-7-15(17)2/h3-9,12,18H,10-11,13H2,1-2H3. The summed E-state index contributed by atoms with van der Waals surface area (Å²) < 4.78 is 0. The Labute approximate surface area is 121 Å². The van der Waals surface area contributed by atoms with Crippen molar-refractivity contribution in [3.63, 3.8) is 0 Å². The van der Waals surface area contributed by atoms with Crippen LogP contribution >= 0.6 is 11.6 Å². The Morgan fingerprint density at radius 3 is 2.53 bits per heavy atom. The molecule has 0 saturated heterocycles. The minimum atomic E-state index is 0.210. The van der Waals surface area contributed by atoms with E-state index in [1.807, 2.05) is 0 Å². The first kappa shape index (κ1) is 14.1. The topological polar surface area (TPSA) is 0 Å². The smallest absolute Gasteiger partial charge is 0.0379 e. The molecule has 0 aromatic heterocycles. The maximum absolute atomic E-state index is 6.48. The summed E-state index contributed by atoms with van der Waals surface area (Å²) in [6.07, 6.45) is 3.04. The van der Waals surface area contributed by atoms with Gasteiger partial charge in [0.1, 0.15) is 0 Å². The maximum atomic E-state index is 6.48. The van der Waals surface area contributed by atoms with Gasteiger partial charge in [-0.05, 0) is 49.8 Å². The molecule has 2 rings (SSSR count). The molecule has 0 bridgehead atoms. The van der Waals surface area contributed by atoms with Crippen LogP contribution in [0.1, 0.15) is 28.7 Å². The predicted molar refractivity (Wildman–Crippen MR) is 84.0 cm³/mol. The van der Waals surface area contributed by atoms with Gasteiger partial charge in [-0.3, -0.25) is 0 Å². The van der Waals surface area contributed by atoms with Crippen molar-refractivity contribution in [2.24, 2.45) is 0 Å². The number of hydrogen-bond donors (Lipinski definition) is 0. The third-order valence-corrected chi connectivity index (χ3v) is 3.90. The van der Waals surface area contributed by atoms with Crippen LogP contribution in [0.15, 0.2) is 48.5 Å². The van der Waals surface area contributed by atoms with E-state index in [-0.39, 0.29) is 5.38 Å². The summed E-state index contributed by atoms with van der Waals surface area (Å²) in [5.74, 6) is 0. The fourth-order valence-electron chi connectivity index (χ4n) is 2.37. The van der Waals surface area contributed by atoms with Gasteiger partial charge >= 0.3 is 0 Å². The largest absolute Gasteiger partial charge is 0.123 e. The average molecular weight is 273 g/mol. The summed E-state index contributed by atoms with van der Waals surface area (Å²) in [6.45, 7) is 4.29. The molecule has 19 heavy (non-hydrogen) atoms. The summed E-state index contributed by atoms with van der Waals surface area (Å²) in [5, 5.41) is 0.210. The van der Waals surface area contributed by atoms with Gasteiger partial charge in [-0.2, -0.15) is 0 Å². The molecule has 0 saturated carbocycles. The highest BCUT2D eigenvalue weighted by Crippen LogP contribution is 2.17. The fraction of sp³-hybridized carbons (Fsp3) is 0.333. The van der Waals surface area contributed by atoms with Crippen LogP contribution in [0, 0.1) is 13.8 Å². The quantitative estimate of drug-likeness (QED) is 0.666. The molecule has 0 aliphatic carbocycles. The lowest BCUT2D eigenvalue weighted by molar-refractivity contribution is 0.741. The van der Waals surface area contributed by atoms with Gasteiger partial charge in [0.2, 0.25) is 0 Å². The van der Waals surface area contributed by atoms with E-state index >= 15 is 0 Å². The highest BCUT2D eigenvalue weighted by molar-refractivity contribution is 6.20. The van der Waals surface area contributed by atoms with Gasteiger partial charge in [0, 0.05) is 5.38 Å².